The summed E-state index contributed by atoms with van der Waals surface area (Å²) in [6.45, 7) is 13.1. The Morgan fingerprint density at radius 3 is 1.11 bits per heavy atom. The molecule has 0 radical (unpaired) electrons. The summed E-state index contributed by atoms with van der Waals surface area (Å²) in [6.07, 6.45) is 14.8. The molecule has 0 aliphatic rings. The molecule has 0 fully saturated rings. The van der Waals surface area contributed by atoms with Gasteiger partial charge >= 0.3 is 11.9 Å². The van der Waals surface area contributed by atoms with Gasteiger partial charge in [0.05, 0.1) is 25.0 Å². The minimum atomic E-state index is -0.0708. The van der Waals surface area contributed by atoms with Gasteiger partial charge in [-0.05, 0) is 12.8 Å². The fraction of sp³-hybridized carbons (Fsp3) is 0.917. The highest BCUT2D eigenvalue weighted by Gasteiger charge is 2.07. The van der Waals surface area contributed by atoms with Crippen molar-refractivity contribution in [2.75, 3.05) is 13.2 Å². The quantitative estimate of drug-likeness (QED) is 0.205. The lowest BCUT2D eigenvalue weighted by atomic mass is 10.1. The topological polar surface area (TPSA) is 52.6 Å². The first-order valence-electron chi connectivity index (χ1n) is 11.7. The second-order valence-corrected chi connectivity index (χ2v) is 8.18. The molecule has 0 unspecified atom stereocenters. The van der Waals surface area contributed by atoms with Gasteiger partial charge in [0, 0.05) is 0 Å². The van der Waals surface area contributed by atoms with Crippen molar-refractivity contribution in [2.24, 2.45) is 11.8 Å². The van der Waals surface area contributed by atoms with Crippen LogP contribution in [0.5, 0.6) is 0 Å². The van der Waals surface area contributed by atoms with Crippen molar-refractivity contribution >= 4 is 11.9 Å². The first-order chi connectivity index (χ1) is 13.4. The lowest BCUT2D eigenvalue weighted by molar-refractivity contribution is -0.148. The lowest BCUT2D eigenvalue weighted by Crippen LogP contribution is -2.12. The Morgan fingerprint density at radius 2 is 0.821 bits per heavy atom. The molecule has 0 saturated carbocycles. The Labute approximate surface area is 175 Å². The van der Waals surface area contributed by atoms with Gasteiger partial charge in [-0.1, -0.05) is 106 Å². The van der Waals surface area contributed by atoms with Crippen LogP contribution in [-0.2, 0) is 19.1 Å². The summed E-state index contributed by atoms with van der Waals surface area (Å²) >= 11 is 0. The molecule has 0 heterocycles. The molecule has 0 saturated heterocycles. The molecule has 4 nitrogen and oxygen atoms in total. The smallest absolute Gasteiger partial charge is 0.308 e. The molecule has 0 aromatic carbocycles. The number of hydrogen-bond donors (Lipinski definition) is 0. The molecule has 0 aliphatic carbocycles. The van der Waals surface area contributed by atoms with Gasteiger partial charge in [0.1, 0.15) is 0 Å². The Bertz CT molecular complexity index is 317. The molecule has 0 amide bonds. The Balaban J connectivity index is 0. The van der Waals surface area contributed by atoms with E-state index in [9.17, 15) is 9.59 Å². The zero-order valence-corrected chi connectivity index (χ0v) is 19.7. The van der Waals surface area contributed by atoms with Gasteiger partial charge in [-0.25, -0.2) is 0 Å². The molecule has 0 spiro atoms. The van der Waals surface area contributed by atoms with E-state index in [1.165, 1.54) is 64.2 Å². The second kappa shape index (κ2) is 22.2. The molecule has 168 valence electrons. The van der Waals surface area contributed by atoms with Crippen molar-refractivity contribution in [3.63, 3.8) is 0 Å². The molecule has 4 heteroatoms. The maximum Gasteiger partial charge on any atom is 0.308 e. The molecule has 0 rings (SSSR count). The molecule has 0 aromatic heterocycles. The van der Waals surface area contributed by atoms with Crippen molar-refractivity contribution in [1.29, 1.82) is 0 Å². The first kappa shape index (κ1) is 29.1. The van der Waals surface area contributed by atoms with Crippen LogP contribution in [0.3, 0.4) is 0 Å². The van der Waals surface area contributed by atoms with Gasteiger partial charge in [0.15, 0.2) is 0 Å². The van der Waals surface area contributed by atoms with Crippen LogP contribution in [0.4, 0.5) is 0 Å². The molecule has 28 heavy (non-hydrogen) atoms. The highest BCUT2D eigenvalue weighted by atomic mass is 16.5. The van der Waals surface area contributed by atoms with Crippen LogP contribution >= 0.6 is 0 Å². The number of rotatable bonds is 16. The number of carbonyl (C=O) groups excluding carboxylic acids is 2. The van der Waals surface area contributed by atoms with E-state index in [1.807, 2.05) is 27.7 Å². The molecule has 0 N–H and O–H groups in total. The molecule has 0 bridgehead atoms. The van der Waals surface area contributed by atoms with Crippen LogP contribution in [0.1, 0.15) is 119 Å². The third-order valence-corrected chi connectivity index (χ3v) is 4.43. The highest BCUT2D eigenvalue weighted by molar-refractivity contribution is 5.71. The Hall–Kier alpha value is -1.06. The van der Waals surface area contributed by atoms with Crippen LogP contribution < -0.4 is 0 Å². The van der Waals surface area contributed by atoms with Gasteiger partial charge in [-0.3, -0.25) is 9.59 Å². The molecular formula is C24H48O4. The summed E-state index contributed by atoms with van der Waals surface area (Å²) in [4.78, 5) is 22.1. The van der Waals surface area contributed by atoms with E-state index in [0.717, 1.165) is 12.8 Å². The average molecular weight is 401 g/mol. The van der Waals surface area contributed by atoms with E-state index in [0.29, 0.717) is 13.2 Å². The Kier molecular flexibility index (Phi) is 23.1. The van der Waals surface area contributed by atoms with Crippen LogP contribution in [0.15, 0.2) is 0 Å². The van der Waals surface area contributed by atoms with E-state index in [4.69, 9.17) is 9.47 Å². The van der Waals surface area contributed by atoms with E-state index in [-0.39, 0.29) is 23.8 Å². The summed E-state index contributed by atoms with van der Waals surface area (Å²) in [7, 11) is 0. The van der Waals surface area contributed by atoms with E-state index < -0.39 is 0 Å². The van der Waals surface area contributed by atoms with E-state index in [2.05, 4.69) is 13.8 Å². The van der Waals surface area contributed by atoms with Crippen LogP contribution in [0, 0.1) is 11.8 Å². The van der Waals surface area contributed by atoms with Gasteiger partial charge in [0.25, 0.3) is 0 Å². The summed E-state index contributed by atoms with van der Waals surface area (Å²) in [6, 6.07) is 0. The maximum atomic E-state index is 11.1. The first-order valence-corrected chi connectivity index (χ1v) is 11.7. The van der Waals surface area contributed by atoms with Crippen molar-refractivity contribution in [2.45, 2.75) is 119 Å². The molecular weight excluding hydrogens is 352 g/mol. The fourth-order valence-electron chi connectivity index (χ4n) is 2.44. The highest BCUT2D eigenvalue weighted by Crippen LogP contribution is 2.06. The average Bonchev–Trinajstić information content (AvgIpc) is 2.66. The SMILES string of the molecule is CCCCCCCCOC(=O)C(C)C.CCCCCCCCOC(=O)C(C)C. The summed E-state index contributed by atoms with van der Waals surface area (Å²) in [5, 5.41) is 0. The Morgan fingerprint density at radius 1 is 0.536 bits per heavy atom. The number of unbranched alkanes of at least 4 members (excludes halogenated alkanes) is 10. The third kappa shape index (κ3) is 23.0. The largest absolute Gasteiger partial charge is 0.465 e. The van der Waals surface area contributed by atoms with Crippen LogP contribution in [0.2, 0.25) is 0 Å². The van der Waals surface area contributed by atoms with Gasteiger partial charge < -0.3 is 9.47 Å². The molecule has 0 aromatic rings. The predicted molar refractivity (Wildman–Crippen MR) is 118 cm³/mol. The van der Waals surface area contributed by atoms with Crippen molar-refractivity contribution in [1.82, 2.24) is 0 Å². The minimum absolute atomic E-state index is 0.00934. The monoisotopic (exact) mass is 400 g/mol. The van der Waals surface area contributed by atoms with Crippen LogP contribution in [-0.4, -0.2) is 25.2 Å². The maximum absolute atomic E-state index is 11.1. The standard InChI is InChI=1S/2C12H24O2/c2*1-4-5-6-7-8-9-10-14-12(13)11(2)3/h2*11H,4-10H2,1-3H3. The minimum Gasteiger partial charge on any atom is -0.465 e. The molecule has 0 aliphatic heterocycles. The predicted octanol–water partition coefficient (Wildman–Crippen LogP) is 7.09. The summed E-state index contributed by atoms with van der Waals surface area (Å²) in [5.74, 6) is -0.123. The number of esters is 2. The van der Waals surface area contributed by atoms with E-state index in [1.54, 1.807) is 0 Å². The van der Waals surface area contributed by atoms with Crippen LogP contribution in [0.25, 0.3) is 0 Å². The molecule has 0 atom stereocenters. The van der Waals surface area contributed by atoms with Crippen molar-refractivity contribution < 1.29 is 19.1 Å². The number of ether oxygens (including phenoxy) is 2. The van der Waals surface area contributed by atoms with Crippen molar-refractivity contribution in [3.8, 4) is 0 Å². The summed E-state index contributed by atoms with van der Waals surface area (Å²) in [5.41, 5.74) is 0. The van der Waals surface area contributed by atoms with Crippen molar-refractivity contribution in [3.05, 3.63) is 0 Å². The normalized spacial score (nSPS) is 10.6. The van der Waals surface area contributed by atoms with Gasteiger partial charge in [-0.2, -0.15) is 0 Å². The zero-order valence-electron chi connectivity index (χ0n) is 19.7. The second-order valence-electron chi connectivity index (χ2n) is 8.18. The third-order valence-electron chi connectivity index (χ3n) is 4.43. The van der Waals surface area contributed by atoms with Gasteiger partial charge in [-0.15, -0.1) is 0 Å². The van der Waals surface area contributed by atoms with Gasteiger partial charge in [0.2, 0.25) is 0 Å². The fourth-order valence-corrected chi connectivity index (χ4v) is 2.44. The zero-order chi connectivity index (χ0) is 21.6. The van der Waals surface area contributed by atoms with E-state index >= 15 is 0 Å². The number of carbonyl (C=O) groups is 2. The lowest BCUT2D eigenvalue weighted by Gasteiger charge is -2.06. The summed E-state index contributed by atoms with van der Waals surface area (Å²) < 4.78 is 10.1. The number of hydrogen-bond acceptors (Lipinski definition) is 4.